The van der Waals surface area contributed by atoms with Gasteiger partial charge in [0.15, 0.2) is 0 Å². The molecule has 1 radical (unpaired) electrons. The van der Waals surface area contributed by atoms with Crippen molar-refractivity contribution >= 4 is 48.1 Å². The number of rotatable bonds is 9. The number of benzene rings is 1. The molecule has 0 aromatic heterocycles. The Kier molecular flexibility index (Phi) is 16.1. The van der Waals surface area contributed by atoms with Crippen LogP contribution in [-0.4, -0.2) is 132 Å². The minimum atomic E-state index is -1.67. The molecule has 1 aromatic rings. The summed E-state index contributed by atoms with van der Waals surface area (Å²) in [5, 5.41) is 78.4. The van der Waals surface area contributed by atoms with Crippen LogP contribution in [-0.2, 0) is 11.2 Å². The van der Waals surface area contributed by atoms with Crippen LogP contribution in [0, 0.1) is 0 Å². The predicted octanol–water partition coefficient (Wildman–Crippen LogP) is -5.65. The molecule has 11 nitrogen and oxygen atoms in total. The maximum atomic E-state index is 10.5. The van der Waals surface area contributed by atoms with Gasteiger partial charge in [-0.3, -0.25) is 4.79 Å². The van der Waals surface area contributed by atoms with Gasteiger partial charge < -0.3 is 51.5 Å². The molecule has 0 spiro atoms. The van der Waals surface area contributed by atoms with Crippen LogP contribution in [0.4, 0.5) is 0 Å². The van der Waals surface area contributed by atoms with Crippen molar-refractivity contribution in [1.29, 1.82) is 0 Å². The molecule has 11 N–H and O–H groups in total. The molecule has 1 rings (SSSR count). The second-order valence-corrected chi connectivity index (χ2v) is 5.75. The molecule has 0 aliphatic rings. The quantitative estimate of drug-likeness (QED) is 0.171. The average Bonchev–Trinajstić information content (AvgIpc) is 2.66. The van der Waals surface area contributed by atoms with Gasteiger partial charge in [-0.25, -0.2) is 0 Å². The maximum Gasteiger partial charge on any atom is 0.488 e. The van der Waals surface area contributed by atoms with E-state index < -0.39 is 56.8 Å². The normalized spacial score (nSPS) is 15.8. The fraction of sp³-hybridized carbons (Fsp3) is 0.533. The maximum absolute atomic E-state index is 10.5. The van der Waals surface area contributed by atoms with E-state index in [-0.39, 0.29) is 36.0 Å². The van der Waals surface area contributed by atoms with Gasteiger partial charge in [0, 0.05) is 29.6 Å². The topological polar surface area (TPSA) is 225 Å². The summed E-state index contributed by atoms with van der Waals surface area (Å²) in [7, 11) is -1.51. The molecule has 155 valence electrons. The smallest absolute Gasteiger partial charge is 0.480 e. The van der Waals surface area contributed by atoms with Gasteiger partial charge in [0.2, 0.25) is 0 Å². The summed E-state index contributed by atoms with van der Waals surface area (Å²) in [6.45, 7) is -1.45. The van der Waals surface area contributed by atoms with Gasteiger partial charge >= 0.3 is 13.1 Å². The zero-order valence-electron chi connectivity index (χ0n) is 15.4. The molecule has 0 heterocycles. The van der Waals surface area contributed by atoms with Gasteiger partial charge in [0.25, 0.3) is 0 Å². The number of hydrogen-bond acceptors (Lipinski definition) is 10. The number of hydrogen-bond donors (Lipinski definition) is 10. The second-order valence-electron chi connectivity index (χ2n) is 5.75. The summed E-state index contributed by atoms with van der Waals surface area (Å²) in [5.41, 5.74) is 6.46. The van der Waals surface area contributed by atoms with Crippen LogP contribution in [0.2, 0.25) is 0 Å². The molecule has 0 unspecified atom stereocenters. The van der Waals surface area contributed by atoms with Crippen molar-refractivity contribution in [2.45, 2.75) is 36.9 Å². The molecule has 0 amide bonds. The van der Waals surface area contributed by atoms with Gasteiger partial charge in [0.1, 0.15) is 30.5 Å². The third kappa shape index (κ3) is 10.8. The van der Waals surface area contributed by atoms with Crippen molar-refractivity contribution < 1.29 is 50.6 Å². The first-order valence-corrected chi connectivity index (χ1v) is 7.92. The number of aliphatic hydroxyl groups is 6. The van der Waals surface area contributed by atoms with Crippen molar-refractivity contribution in [2.75, 3.05) is 13.2 Å². The standard InChI is InChI=1S/C9H12BNO4.C6H14O6.Na/c11-8(9(12)13)5-6-1-3-7(4-2-6)10(14)15;7-1-3(9)5(11)6(12)4(10)2-8;/h1-4,8,14-15H,5,11H2,(H,12,13);3-12H,1-2H2;/t8-;3-,4-,5-,6-;/m01./s1. The summed E-state index contributed by atoms with van der Waals surface area (Å²) in [4.78, 5) is 10.5. The molecule has 0 aliphatic carbocycles. The van der Waals surface area contributed by atoms with Gasteiger partial charge in [-0.05, 0) is 17.4 Å². The van der Waals surface area contributed by atoms with Crippen molar-refractivity contribution in [3.63, 3.8) is 0 Å². The zero-order chi connectivity index (χ0) is 21.1. The van der Waals surface area contributed by atoms with Crippen LogP contribution in [0.5, 0.6) is 0 Å². The van der Waals surface area contributed by atoms with Crippen molar-refractivity contribution in [2.24, 2.45) is 5.73 Å². The van der Waals surface area contributed by atoms with Gasteiger partial charge in [-0.2, -0.15) is 0 Å². The van der Waals surface area contributed by atoms with E-state index in [1.165, 1.54) is 12.1 Å². The van der Waals surface area contributed by atoms with Gasteiger partial charge in [-0.1, -0.05) is 24.3 Å². The number of aliphatic carboxylic acids is 1. The van der Waals surface area contributed by atoms with Crippen LogP contribution in [0.25, 0.3) is 0 Å². The Hall–Kier alpha value is -0.605. The molecular weight excluding hydrogens is 388 g/mol. The minimum absolute atomic E-state index is 0. The Bertz CT molecular complexity index is 536. The zero-order valence-corrected chi connectivity index (χ0v) is 17.4. The summed E-state index contributed by atoms with van der Waals surface area (Å²) >= 11 is 0. The van der Waals surface area contributed by atoms with Crippen molar-refractivity contribution in [3.05, 3.63) is 29.8 Å². The summed E-state index contributed by atoms with van der Waals surface area (Å²) in [5.74, 6) is -1.05. The van der Waals surface area contributed by atoms with E-state index in [1.807, 2.05) is 0 Å². The van der Waals surface area contributed by atoms with E-state index in [2.05, 4.69) is 0 Å². The van der Waals surface area contributed by atoms with Crippen LogP contribution in [0.15, 0.2) is 24.3 Å². The van der Waals surface area contributed by atoms with Crippen LogP contribution in [0.1, 0.15) is 5.56 Å². The van der Waals surface area contributed by atoms with E-state index in [0.717, 1.165) is 5.56 Å². The summed E-state index contributed by atoms with van der Waals surface area (Å²) in [6.07, 6.45) is -6.17. The molecule has 0 fully saturated rings. The minimum Gasteiger partial charge on any atom is -0.480 e. The Morgan fingerprint density at radius 2 is 1.32 bits per heavy atom. The fourth-order valence-electron chi connectivity index (χ4n) is 1.84. The molecule has 0 bridgehead atoms. The van der Waals surface area contributed by atoms with E-state index in [9.17, 15) is 4.79 Å². The third-order valence-corrected chi connectivity index (χ3v) is 3.56. The molecule has 0 aliphatic heterocycles. The molecule has 13 heteroatoms. The first-order chi connectivity index (χ1) is 12.5. The van der Waals surface area contributed by atoms with Crippen LogP contribution >= 0.6 is 0 Å². The van der Waals surface area contributed by atoms with E-state index in [4.69, 9.17) is 51.5 Å². The largest absolute Gasteiger partial charge is 0.488 e. The van der Waals surface area contributed by atoms with Gasteiger partial charge in [0.05, 0.1) is 13.2 Å². The monoisotopic (exact) mass is 414 g/mol. The average molecular weight is 414 g/mol. The molecule has 0 saturated carbocycles. The number of carboxylic acids is 1. The van der Waals surface area contributed by atoms with E-state index in [0.29, 0.717) is 5.46 Å². The molecule has 1 aromatic carbocycles. The molecule has 0 saturated heterocycles. The Morgan fingerprint density at radius 3 is 1.61 bits per heavy atom. The second kappa shape index (κ2) is 15.3. The summed E-state index contributed by atoms with van der Waals surface area (Å²) < 4.78 is 0. The van der Waals surface area contributed by atoms with Gasteiger partial charge in [-0.15, -0.1) is 0 Å². The molecular formula is C15H26BNNaO10. The summed E-state index contributed by atoms with van der Waals surface area (Å²) in [6, 6.07) is 5.35. The van der Waals surface area contributed by atoms with Crippen molar-refractivity contribution in [3.8, 4) is 0 Å². The molecule has 5 atom stereocenters. The van der Waals surface area contributed by atoms with E-state index >= 15 is 0 Å². The first-order valence-electron chi connectivity index (χ1n) is 7.92. The predicted molar refractivity (Wildman–Crippen MR) is 99.5 cm³/mol. The fourth-order valence-corrected chi connectivity index (χ4v) is 1.84. The number of nitrogens with two attached hydrogens (primary N) is 1. The number of carbonyl (C=O) groups is 1. The number of aliphatic hydroxyl groups excluding tert-OH is 6. The Labute approximate surface area is 184 Å². The number of carboxylic acid groups (broad SMARTS) is 1. The molecule has 28 heavy (non-hydrogen) atoms. The first kappa shape index (κ1) is 29.6. The Balaban J connectivity index is 0. The van der Waals surface area contributed by atoms with Crippen LogP contribution < -0.4 is 11.2 Å². The van der Waals surface area contributed by atoms with E-state index in [1.54, 1.807) is 12.1 Å². The van der Waals surface area contributed by atoms with Crippen LogP contribution in [0.3, 0.4) is 0 Å². The SMILES string of the molecule is N[C@@H](Cc1ccc(B(O)O)cc1)C(=O)O.OC[C@@H](O)[C@@H](O)[C@H](O)[C@H](O)CO.[Na]. The third-order valence-electron chi connectivity index (χ3n) is 3.56. The van der Waals surface area contributed by atoms with Crippen molar-refractivity contribution in [1.82, 2.24) is 0 Å². The Morgan fingerprint density at radius 1 is 0.929 bits per heavy atom.